The maximum Gasteiger partial charge on any atom is 0.337 e. The van der Waals surface area contributed by atoms with E-state index in [4.69, 9.17) is 5.11 Å². The molecular formula is C22H24O5. The van der Waals surface area contributed by atoms with Crippen molar-refractivity contribution in [3.05, 3.63) is 76.9 Å². The van der Waals surface area contributed by atoms with Crippen molar-refractivity contribution in [2.75, 3.05) is 7.11 Å². The van der Waals surface area contributed by atoms with E-state index in [1.54, 1.807) is 36.4 Å². The van der Waals surface area contributed by atoms with E-state index in [1.165, 1.54) is 7.11 Å². The van der Waals surface area contributed by atoms with E-state index in [1.807, 2.05) is 18.2 Å². The van der Waals surface area contributed by atoms with Gasteiger partial charge >= 0.3 is 11.9 Å². The molecular weight excluding hydrogens is 344 g/mol. The molecule has 0 amide bonds. The second kappa shape index (κ2) is 10.1. The molecule has 2 aromatic carbocycles. The summed E-state index contributed by atoms with van der Waals surface area (Å²) in [6.45, 7) is 6.36. The fraction of sp³-hybridized carbons (Fsp3) is 0.227. The van der Waals surface area contributed by atoms with Gasteiger partial charge in [-0.3, -0.25) is 4.79 Å². The number of aldehydes is 1. The molecule has 0 atom stereocenters. The summed E-state index contributed by atoms with van der Waals surface area (Å²) in [5.74, 6) is -1.28. The molecule has 0 spiro atoms. The Balaban J connectivity index is 0.000000277. The molecule has 0 saturated heterocycles. The first-order valence-electron chi connectivity index (χ1n) is 8.32. The highest BCUT2D eigenvalue weighted by molar-refractivity contribution is 5.90. The van der Waals surface area contributed by atoms with Crippen LogP contribution >= 0.6 is 0 Å². The Kier molecular flexibility index (Phi) is 8.14. The molecule has 0 heterocycles. The lowest BCUT2D eigenvalue weighted by Crippen LogP contribution is -2.00. The van der Waals surface area contributed by atoms with Gasteiger partial charge in [0.15, 0.2) is 0 Å². The van der Waals surface area contributed by atoms with Crippen molar-refractivity contribution >= 4 is 24.3 Å². The fourth-order valence-corrected chi connectivity index (χ4v) is 1.90. The normalized spacial score (nSPS) is 10.7. The number of aromatic carboxylic acids is 1. The number of hydrogen-bond acceptors (Lipinski definition) is 4. The van der Waals surface area contributed by atoms with Gasteiger partial charge in [-0.25, -0.2) is 9.59 Å². The van der Waals surface area contributed by atoms with Crippen LogP contribution in [0.25, 0.3) is 6.08 Å². The summed E-state index contributed by atoms with van der Waals surface area (Å²) in [6, 6.07) is 13.1. The zero-order chi connectivity index (χ0) is 20.4. The zero-order valence-electron chi connectivity index (χ0n) is 15.9. The van der Waals surface area contributed by atoms with Crippen LogP contribution in [-0.4, -0.2) is 30.4 Å². The molecule has 0 unspecified atom stereocenters. The number of ether oxygens (including phenoxy) is 1. The topological polar surface area (TPSA) is 80.7 Å². The maximum absolute atomic E-state index is 10.9. The van der Waals surface area contributed by atoms with Gasteiger partial charge in [-0.15, -0.1) is 0 Å². The number of carboxylic acids is 1. The van der Waals surface area contributed by atoms with Crippen molar-refractivity contribution in [2.45, 2.75) is 20.8 Å². The number of esters is 1. The van der Waals surface area contributed by atoms with Crippen LogP contribution in [-0.2, 0) is 4.74 Å². The van der Waals surface area contributed by atoms with Crippen LogP contribution < -0.4 is 0 Å². The number of allylic oxidation sites excluding steroid dienone is 1. The molecule has 0 bridgehead atoms. The van der Waals surface area contributed by atoms with Gasteiger partial charge in [-0.1, -0.05) is 57.2 Å². The van der Waals surface area contributed by atoms with Crippen LogP contribution in [0.1, 0.15) is 57.4 Å². The summed E-state index contributed by atoms with van der Waals surface area (Å²) in [4.78, 5) is 31.8. The number of benzene rings is 2. The molecule has 0 radical (unpaired) electrons. The second-order valence-corrected chi connectivity index (χ2v) is 6.86. The lowest BCUT2D eigenvalue weighted by atomic mass is 9.95. The highest BCUT2D eigenvalue weighted by Crippen LogP contribution is 2.17. The smallest absolute Gasteiger partial charge is 0.337 e. The van der Waals surface area contributed by atoms with Gasteiger partial charge in [-0.2, -0.15) is 0 Å². The lowest BCUT2D eigenvalue weighted by Gasteiger charge is -2.10. The van der Waals surface area contributed by atoms with Crippen LogP contribution in [0.5, 0.6) is 0 Å². The third-order valence-electron chi connectivity index (χ3n) is 3.40. The predicted molar refractivity (Wildman–Crippen MR) is 105 cm³/mol. The quantitative estimate of drug-likeness (QED) is 0.623. The van der Waals surface area contributed by atoms with Gasteiger partial charge in [0.2, 0.25) is 0 Å². The summed E-state index contributed by atoms with van der Waals surface area (Å²) in [5.41, 5.74) is 2.48. The van der Waals surface area contributed by atoms with Gasteiger partial charge in [0.05, 0.1) is 18.2 Å². The van der Waals surface area contributed by atoms with E-state index in [2.05, 4.69) is 31.6 Å². The number of hydrogen-bond donors (Lipinski definition) is 1. The summed E-state index contributed by atoms with van der Waals surface area (Å²) < 4.78 is 4.48. The highest BCUT2D eigenvalue weighted by atomic mass is 16.5. The molecule has 0 aliphatic carbocycles. The largest absolute Gasteiger partial charge is 0.478 e. The average molecular weight is 368 g/mol. The minimum atomic E-state index is -0.888. The van der Waals surface area contributed by atoms with E-state index in [0.29, 0.717) is 16.7 Å². The Bertz CT molecular complexity index is 794. The molecule has 27 heavy (non-hydrogen) atoms. The Labute approximate surface area is 159 Å². The van der Waals surface area contributed by atoms with Gasteiger partial charge in [0.1, 0.15) is 6.29 Å². The Morgan fingerprint density at radius 1 is 0.889 bits per heavy atom. The van der Waals surface area contributed by atoms with E-state index >= 15 is 0 Å². The van der Waals surface area contributed by atoms with Crippen LogP contribution in [0.3, 0.4) is 0 Å². The Hall–Kier alpha value is -3.21. The lowest BCUT2D eigenvalue weighted by molar-refractivity contribution is 0.0599. The molecule has 2 aromatic rings. The molecule has 0 aromatic heterocycles. The third-order valence-corrected chi connectivity index (χ3v) is 3.40. The average Bonchev–Trinajstić information content (AvgIpc) is 2.66. The Morgan fingerprint density at radius 3 is 1.78 bits per heavy atom. The maximum atomic E-state index is 10.9. The minimum absolute atomic E-state index is 0.144. The number of carboxylic acid groups (broad SMARTS) is 1. The first-order valence-corrected chi connectivity index (χ1v) is 8.32. The Morgan fingerprint density at radius 2 is 1.37 bits per heavy atom. The van der Waals surface area contributed by atoms with Crippen LogP contribution in [0.15, 0.2) is 54.6 Å². The van der Waals surface area contributed by atoms with Crippen molar-refractivity contribution in [3.8, 4) is 0 Å². The van der Waals surface area contributed by atoms with Crippen molar-refractivity contribution in [1.82, 2.24) is 0 Å². The molecule has 0 fully saturated rings. The summed E-state index contributed by atoms with van der Waals surface area (Å²) >= 11 is 0. The number of carbonyl (C=O) groups excluding carboxylic acids is 2. The highest BCUT2D eigenvalue weighted by Gasteiger charge is 2.04. The molecule has 5 heteroatoms. The molecule has 1 N–H and O–H groups in total. The molecule has 142 valence electrons. The van der Waals surface area contributed by atoms with E-state index in [-0.39, 0.29) is 5.41 Å². The van der Waals surface area contributed by atoms with Gasteiger partial charge in [0, 0.05) is 5.56 Å². The zero-order valence-corrected chi connectivity index (χ0v) is 15.9. The SMILES string of the molecule is CC(C)(C)/C=C/c1ccc(C(=O)O)cc1.COC(=O)c1ccc(C=O)cc1. The number of rotatable bonds is 4. The van der Waals surface area contributed by atoms with Crippen LogP contribution in [0.2, 0.25) is 0 Å². The first-order chi connectivity index (χ1) is 12.7. The van der Waals surface area contributed by atoms with Gasteiger partial charge in [0.25, 0.3) is 0 Å². The van der Waals surface area contributed by atoms with Crippen LogP contribution in [0.4, 0.5) is 0 Å². The summed E-state index contributed by atoms with van der Waals surface area (Å²) in [5, 5.41) is 8.72. The summed E-state index contributed by atoms with van der Waals surface area (Å²) in [7, 11) is 1.32. The van der Waals surface area contributed by atoms with Gasteiger partial charge in [-0.05, 0) is 35.2 Å². The molecule has 0 saturated carbocycles. The molecule has 0 aliphatic rings. The predicted octanol–water partition coefficient (Wildman–Crippen LogP) is 4.73. The van der Waals surface area contributed by atoms with E-state index < -0.39 is 11.9 Å². The van der Waals surface area contributed by atoms with Crippen molar-refractivity contribution in [1.29, 1.82) is 0 Å². The monoisotopic (exact) mass is 368 g/mol. The van der Waals surface area contributed by atoms with Crippen LogP contribution in [0, 0.1) is 5.41 Å². The fourth-order valence-electron chi connectivity index (χ4n) is 1.90. The summed E-state index contributed by atoms with van der Waals surface area (Å²) in [6.07, 6.45) is 4.83. The number of carbonyl (C=O) groups is 3. The van der Waals surface area contributed by atoms with Crippen molar-refractivity contribution in [3.63, 3.8) is 0 Å². The minimum Gasteiger partial charge on any atom is -0.478 e. The standard InChI is InChI=1S/C13H16O2.C9H8O3/c1-13(2,3)9-8-10-4-6-11(7-5-10)12(14)15;1-12-9(11)8-4-2-7(6-10)3-5-8/h4-9H,1-3H3,(H,14,15);2-6H,1H3/b9-8+;. The van der Waals surface area contributed by atoms with Gasteiger partial charge < -0.3 is 9.84 Å². The van der Waals surface area contributed by atoms with E-state index in [0.717, 1.165) is 11.8 Å². The first kappa shape index (κ1) is 21.8. The van der Waals surface area contributed by atoms with E-state index in [9.17, 15) is 14.4 Å². The molecule has 5 nitrogen and oxygen atoms in total. The molecule has 2 rings (SSSR count). The second-order valence-electron chi connectivity index (χ2n) is 6.86. The third kappa shape index (κ3) is 8.14. The molecule has 0 aliphatic heterocycles. The van der Waals surface area contributed by atoms with Crippen molar-refractivity contribution < 1.29 is 24.2 Å². The van der Waals surface area contributed by atoms with Crippen molar-refractivity contribution in [2.24, 2.45) is 5.41 Å². The number of methoxy groups -OCH3 is 1.